The van der Waals surface area contributed by atoms with Crippen LogP contribution in [0, 0.1) is 25.5 Å². The van der Waals surface area contributed by atoms with E-state index in [1.807, 2.05) is 19.9 Å². The SMILES string of the molecule is Cc1cc2c(-c3ccc(Cl)cc3F)nc(-c3cc(F)cc(-c4cnn(C)c4)c3)nc2nc1C. The highest BCUT2D eigenvalue weighted by molar-refractivity contribution is 6.30. The molecule has 0 spiro atoms. The number of aromatic nitrogens is 5. The van der Waals surface area contributed by atoms with Crippen LogP contribution in [0.1, 0.15) is 11.3 Å². The number of fused-ring (bicyclic) bond motifs is 1. The first-order valence-electron chi connectivity index (χ1n) is 10.2. The number of rotatable bonds is 3. The Morgan fingerprint density at radius 2 is 1.67 bits per heavy atom. The van der Waals surface area contributed by atoms with Crippen LogP contribution in [-0.2, 0) is 7.05 Å². The Balaban J connectivity index is 1.78. The first-order valence-corrected chi connectivity index (χ1v) is 10.6. The molecule has 0 fully saturated rings. The first-order chi connectivity index (χ1) is 15.8. The maximum Gasteiger partial charge on any atom is 0.164 e. The monoisotopic (exact) mass is 461 g/mol. The van der Waals surface area contributed by atoms with Crippen molar-refractivity contribution < 1.29 is 8.78 Å². The molecule has 3 heterocycles. The lowest BCUT2D eigenvalue weighted by Gasteiger charge is -2.12. The first kappa shape index (κ1) is 21.2. The van der Waals surface area contributed by atoms with Crippen molar-refractivity contribution in [2.24, 2.45) is 7.05 Å². The van der Waals surface area contributed by atoms with Gasteiger partial charge in [-0.2, -0.15) is 5.10 Å². The molecule has 5 rings (SSSR count). The van der Waals surface area contributed by atoms with Crippen molar-refractivity contribution in [2.45, 2.75) is 13.8 Å². The van der Waals surface area contributed by atoms with Gasteiger partial charge in [0.25, 0.3) is 0 Å². The maximum atomic E-state index is 14.9. The quantitative estimate of drug-likeness (QED) is 0.316. The molecule has 0 radical (unpaired) electrons. The summed E-state index contributed by atoms with van der Waals surface area (Å²) in [5, 5.41) is 5.04. The molecule has 0 unspecified atom stereocenters. The molecule has 0 amide bonds. The fraction of sp³-hybridized carbons (Fsp3) is 0.120. The standard InChI is InChI=1S/C25H18ClF2N5/c1-13-6-21-23(20-5-4-18(26)10-22(20)28)31-24(32-25(21)30-14(13)2)16-7-15(8-19(27)9-16)17-11-29-33(3)12-17/h4-12H,1-3H3. The summed E-state index contributed by atoms with van der Waals surface area (Å²) in [7, 11) is 1.79. The van der Waals surface area contributed by atoms with Crippen molar-refractivity contribution in [2.75, 3.05) is 0 Å². The second-order valence-corrected chi connectivity index (χ2v) is 8.35. The van der Waals surface area contributed by atoms with E-state index in [1.165, 1.54) is 18.2 Å². The Hall–Kier alpha value is -3.71. The smallest absolute Gasteiger partial charge is 0.164 e. The van der Waals surface area contributed by atoms with E-state index < -0.39 is 11.6 Å². The number of pyridine rings is 1. The molecule has 0 bridgehead atoms. The van der Waals surface area contributed by atoms with Crippen LogP contribution in [0.5, 0.6) is 0 Å². The minimum atomic E-state index is -0.512. The van der Waals surface area contributed by atoms with Crippen LogP contribution < -0.4 is 0 Å². The Bertz CT molecular complexity index is 1540. The van der Waals surface area contributed by atoms with Gasteiger partial charge in [0.2, 0.25) is 0 Å². The Morgan fingerprint density at radius 1 is 0.879 bits per heavy atom. The van der Waals surface area contributed by atoms with Gasteiger partial charge in [0.15, 0.2) is 11.5 Å². The summed E-state index contributed by atoms with van der Waals surface area (Å²) in [6.45, 7) is 3.80. The predicted octanol–water partition coefficient (Wildman–Crippen LogP) is 6.31. The van der Waals surface area contributed by atoms with E-state index in [-0.39, 0.29) is 16.4 Å². The Morgan fingerprint density at radius 3 is 2.39 bits per heavy atom. The summed E-state index contributed by atoms with van der Waals surface area (Å²) in [6, 6.07) is 10.9. The third-order valence-corrected chi connectivity index (χ3v) is 5.75. The topological polar surface area (TPSA) is 56.5 Å². The van der Waals surface area contributed by atoms with Gasteiger partial charge in [-0.1, -0.05) is 11.6 Å². The zero-order valence-electron chi connectivity index (χ0n) is 18.1. The zero-order chi connectivity index (χ0) is 23.3. The highest BCUT2D eigenvalue weighted by Gasteiger charge is 2.18. The Kier molecular flexibility index (Phi) is 5.13. The molecule has 164 valence electrons. The van der Waals surface area contributed by atoms with Crippen molar-refractivity contribution in [3.8, 4) is 33.8 Å². The van der Waals surface area contributed by atoms with Gasteiger partial charge < -0.3 is 0 Å². The van der Waals surface area contributed by atoms with E-state index >= 15 is 0 Å². The van der Waals surface area contributed by atoms with Crippen LogP contribution in [0.2, 0.25) is 5.02 Å². The predicted molar refractivity (Wildman–Crippen MR) is 125 cm³/mol. The van der Waals surface area contributed by atoms with Crippen molar-refractivity contribution in [3.63, 3.8) is 0 Å². The molecule has 5 aromatic rings. The molecule has 0 N–H and O–H groups in total. The van der Waals surface area contributed by atoms with E-state index in [2.05, 4.69) is 20.1 Å². The number of nitrogens with zero attached hydrogens (tertiary/aromatic N) is 5. The van der Waals surface area contributed by atoms with Crippen LogP contribution in [-0.4, -0.2) is 24.7 Å². The molecule has 0 saturated carbocycles. The third-order valence-electron chi connectivity index (χ3n) is 5.51. The number of hydrogen-bond acceptors (Lipinski definition) is 4. The molecule has 8 heteroatoms. The lowest BCUT2D eigenvalue weighted by atomic mass is 10.0. The van der Waals surface area contributed by atoms with Crippen LogP contribution in [0.25, 0.3) is 44.8 Å². The van der Waals surface area contributed by atoms with Gasteiger partial charge in [-0.25, -0.2) is 23.7 Å². The summed E-state index contributed by atoms with van der Waals surface area (Å²) in [5.74, 6) is -0.712. The lowest BCUT2D eigenvalue weighted by Crippen LogP contribution is -2.00. The van der Waals surface area contributed by atoms with Crippen molar-refractivity contribution >= 4 is 22.6 Å². The van der Waals surface area contributed by atoms with Crippen molar-refractivity contribution in [1.82, 2.24) is 24.7 Å². The van der Waals surface area contributed by atoms with E-state index in [9.17, 15) is 8.78 Å². The van der Waals surface area contributed by atoms with Gasteiger partial charge in [-0.15, -0.1) is 0 Å². The molecule has 5 nitrogen and oxygen atoms in total. The van der Waals surface area contributed by atoms with Crippen LogP contribution >= 0.6 is 11.6 Å². The fourth-order valence-corrected chi connectivity index (χ4v) is 3.87. The van der Waals surface area contributed by atoms with Gasteiger partial charge in [0.1, 0.15) is 11.6 Å². The minimum Gasteiger partial charge on any atom is -0.275 e. The van der Waals surface area contributed by atoms with Crippen molar-refractivity contribution in [1.29, 1.82) is 0 Å². The van der Waals surface area contributed by atoms with E-state index in [1.54, 1.807) is 42.3 Å². The number of benzene rings is 2. The van der Waals surface area contributed by atoms with Gasteiger partial charge in [0, 0.05) is 46.0 Å². The number of halogens is 3. The average molecular weight is 462 g/mol. The second kappa shape index (κ2) is 8.01. The zero-order valence-corrected chi connectivity index (χ0v) is 18.8. The molecule has 0 aliphatic rings. The molecule has 0 saturated heterocycles. The third kappa shape index (κ3) is 3.96. The van der Waals surface area contributed by atoms with Gasteiger partial charge in [-0.05, 0) is 67.4 Å². The highest BCUT2D eigenvalue weighted by Crippen LogP contribution is 2.33. The summed E-state index contributed by atoms with van der Waals surface area (Å²) >= 11 is 5.96. The van der Waals surface area contributed by atoms with Gasteiger partial charge in [0.05, 0.1) is 11.9 Å². The molecular formula is C25H18ClF2N5. The van der Waals surface area contributed by atoms with Crippen LogP contribution in [0.4, 0.5) is 8.78 Å². The molecule has 0 aliphatic heterocycles. The largest absolute Gasteiger partial charge is 0.275 e. The van der Waals surface area contributed by atoms with E-state index in [0.29, 0.717) is 27.9 Å². The van der Waals surface area contributed by atoms with E-state index in [0.717, 1.165) is 16.8 Å². The normalized spacial score (nSPS) is 11.3. The molecule has 33 heavy (non-hydrogen) atoms. The summed E-state index contributed by atoms with van der Waals surface area (Å²) in [6.07, 6.45) is 3.45. The summed E-state index contributed by atoms with van der Waals surface area (Å²) in [5.41, 5.74) is 4.60. The minimum absolute atomic E-state index is 0.243. The fourth-order valence-electron chi connectivity index (χ4n) is 3.72. The molecule has 0 aliphatic carbocycles. The van der Waals surface area contributed by atoms with E-state index in [4.69, 9.17) is 11.6 Å². The number of hydrogen-bond donors (Lipinski definition) is 0. The summed E-state index contributed by atoms with van der Waals surface area (Å²) < 4.78 is 31.1. The van der Waals surface area contributed by atoms with Crippen molar-refractivity contribution in [3.05, 3.63) is 82.8 Å². The van der Waals surface area contributed by atoms with Gasteiger partial charge in [-0.3, -0.25) is 4.68 Å². The number of aryl methyl sites for hydroxylation is 3. The van der Waals surface area contributed by atoms with Crippen LogP contribution in [0.3, 0.4) is 0 Å². The average Bonchev–Trinajstić information content (AvgIpc) is 3.20. The highest BCUT2D eigenvalue weighted by atomic mass is 35.5. The second-order valence-electron chi connectivity index (χ2n) is 7.91. The van der Waals surface area contributed by atoms with Crippen LogP contribution in [0.15, 0.2) is 54.9 Å². The molecule has 3 aromatic heterocycles. The molecule has 2 aromatic carbocycles. The summed E-state index contributed by atoms with van der Waals surface area (Å²) in [4.78, 5) is 13.9. The molecular weight excluding hydrogens is 444 g/mol. The Labute approximate surface area is 193 Å². The lowest BCUT2D eigenvalue weighted by molar-refractivity contribution is 0.628. The maximum absolute atomic E-state index is 14.9. The molecule has 0 atom stereocenters. The van der Waals surface area contributed by atoms with Gasteiger partial charge >= 0.3 is 0 Å².